The molecule has 104 valence electrons. The molecule has 2 rings (SSSR count). The summed E-state index contributed by atoms with van der Waals surface area (Å²) >= 11 is 0. The summed E-state index contributed by atoms with van der Waals surface area (Å²) in [6.45, 7) is -0.194. The Kier molecular flexibility index (Phi) is 4.31. The van der Waals surface area contributed by atoms with Gasteiger partial charge in [0.05, 0.1) is 0 Å². The van der Waals surface area contributed by atoms with Crippen LogP contribution in [0.2, 0.25) is 0 Å². The molecular weight excluding hydrogens is 272 g/mol. The van der Waals surface area contributed by atoms with Crippen molar-refractivity contribution >= 4 is 12.6 Å². The first-order valence-corrected chi connectivity index (χ1v) is 5.69. The molecule has 0 fully saturated rings. The zero-order valence-electron chi connectivity index (χ0n) is 10.2. The number of hydrogen-bond acceptors (Lipinski definition) is 3. The molecule has 0 saturated heterocycles. The topological polar surface area (TPSA) is 49.7 Å². The van der Waals surface area contributed by atoms with Crippen LogP contribution >= 0.6 is 0 Å². The maximum atomic E-state index is 13.0. The molecule has 2 aromatic rings. The Morgan fingerprint density at radius 3 is 2.15 bits per heavy atom. The van der Waals surface area contributed by atoms with Crippen molar-refractivity contribution in [2.45, 2.75) is 6.61 Å². The van der Waals surface area contributed by atoms with Gasteiger partial charge in [0.15, 0.2) is 0 Å². The molecule has 0 aromatic heterocycles. The van der Waals surface area contributed by atoms with E-state index in [4.69, 9.17) is 14.8 Å². The van der Waals surface area contributed by atoms with Gasteiger partial charge < -0.3 is 14.8 Å². The predicted octanol–water partition coefficient (Wildman–Crippen LogP) is 1.36. The molecule has 0 radical (unpaired) electrons. The lowest BCUT2D eigenvalue weighted by Crippen LogP contribution is -2.31. The molecule has 0 atom stereocenters. The summed E-state index contributed by atoms with van der Waals surface area (Å²) in [4.78, 5) is 0. The van der Waals surface area contributed by atoms with Crippen LogP contribution in [0.3, 0.4) is 0 Å². The lowest BCUT2D eigenvalue weighted by atomic mass is 9.79. The summed E-state index contributed by atoms with van der Waals surface area (Å²) in [5.74, 6) is -2.13. The van der Waals surface area contributed by atoms with E-state index in [-0.39, 0.29) is 23.4 Å². The van der Waals surface area contributed by atoms with Gasteiger partial charge in [-0.2, -0.15) is 0 Å². The van der Waals surface area contributed by atoms with Crippen molar-refractivity contribution in [1.29, 1.82) is 0 Å². The highest BCUT2D eigenvalue weighted by atomic mass is 19.1. The van der Waals surface area contributed by atoms with Gasteiger partial charge in [-0.25, -0.2) is 13.2 Å². The molecule has 0 heterocycles. The van der Waals surface area contributed by atoms with Crippen LogP contribution in [-0.4, -0.2) is 17.2 Å². The molecule has 20 heavy (non-hydrogen) atoms. The number of halogens is 3. The van der Waals surface area contributed by atoms with Gasteiger partial charge in [0.25, 0.3) is 0 Å². The second-order valence-electron chi connectivity index (χ2n) is 4.12. The predicted molar refractivity (Wildman–Crippen MR) is 66.9 cm³/mol. The molecule has 0 spiro atoms. The Hall–Kier alpha value is -1.99. The third-order valence-corrected chi connectivity index (χ3v) is 2.57. The molecule has 0 amide bonds. The van der Waals surface area contributed by atoms with Gasteiger partial charge in [0, 0.05) is 11.5 Å². The Bertz CT molecular complexity index is 600. The largest absolute Gasteiger partial charge is 0.492 e. The minimum Gasteiger partial charge on any atom is -0.489 e. The van der Waals surface area contributed by atoms with Crippen LogP contribution in [0.15, 0.2) is 36.4 Å². The Morgan fingerprint density at radius 1 is 0.900 bits per heavy atom. The number of ether oxygens (including phenoxy) is 1. The molecule has 0 bridgehead atoms. The smallest absolute Gasteiger partial charge is 0.489 e. The monoisotopic (exact) mass is 282 g/mol. The van der Waals surface area contributed by atoms with E-state index in [0.717, 1.165) is 30.3 Å². The van der Waals surface area contributed by atoms with Gasteiger partial charge in [-0.15, -0.1) is 0 Å². The first-order valence-electron chi connectivity index (χ1n) is 5.69. The molecule has 0 aliphatic carbocycles. The molecule has 0 saturated carbocycles. The van der Waals surface area contributed by atoms with Crippen LogP contribution in [0, 0.1) is 17.5 Å². The van der Waals surface area contributed by atoms with Crippen molar-refractivity contribution in [3.05, 3.63) is 59.4 Å². The van der Waals surface area contributed by atoms with Crippen molar-refractivity contribution < 1.29 is 28.0 Å². The normalized spacial score (nSPS) is 10.4. The SMILES string of the molecule is OB(O)c1cc(F)ccc1OCc1cc(F)cc(F)c1. The highest BCUT2D eigenvalue weighted by Crippen LogP contribution is 2.14. The summed E-state index contributed by atoms with van der Waals surface area (Å²) in [6.07, 6.45) is 0. The Balaban J connectivity index is 2.18. The van der Waals surface area contributed by atoms with Crippen LogP contribution in [-0.2, 0) is 6.61 Å². The maximum Gasteiger partial charge on any atom is 0.492 e. The average Bonchev–Trinajstić information content (AvgIpc) is 2.36. The Morgan fingerprint density at radius 2 is 1.55 bits per heavy atom. The van der Waals surface area contributed by atoms with E-state index < -0.39 is 24.6 Å². The third-order valence-electron chi connectivity index (χ3n) is 2.57. The minimum atomic E-state index is -1.91. The van der Waals surface area contributed by atoms with E-state index in [1.807, 2.05) is 0 Å². The van der Waals surface area contributed by atoms with E-state index in [2.05, 4.69) is 0 Å². The van der Waals surface area contributed by atoms with E-state index in [1.54, 1.807) is 0 Å². The molecule has 0 aliphatic heterocycles. The van der Waals surface area contributed by atoms with E-state index in [9.17, 15) is 13.2 Å². The summed E-state index contributed by atoms with van der Waals surface area (Å²) in [5.41, 5.74) is 0.0621. The lowest BCUT2D eigenvalue weighted by molar-refractivity contribution is 0.305. The second kappa shape index (κ2) is 5.98. The number of benzene rings is 2. The maximum absolute atomic E-state index is 13.0. The Labute approximate surface area is 113 Å². The fourth-order valence-electron chi connectivity index (χ4n) is 1.71. The molecule has 0 aliphatic rings. The summed E-state index contributed by atoms with van der Waals surface area (Å²) < 4.78 is 44.2. The van der Waals surface area contributed by atoms with Crippen molar-refractivity contribution in [3.63, 3.8) is 0 Å². The van der Waals surface area contributed by atoms with Gasteiger partial charge in [-0.3, -0.25) is 0 Å². The highest BCUT2D eigenvalue weighted by Gasteiger charge is 2.18. The standard InChI is InChI=1S/C13H10BF3O3/c15-9-1-2-13(12(6-9)14(18)19)20-7-8-3-10(16)5-11(17)4-8/h1-6,18-19H,7H2. The zero-order valence-corrected chi connectivity index (χ0v) is 10.2. The average molecular weight is 282 g/mol. The highest BCUT2D eigenvalue weighted by molar-refractivity contribution is 6.59. The quantitative estimate of drug-likeness (QED) is 0.832. The second-order valence-corrected chi connectivity index (χ2v) is 4.12. The van der Waals surface area contributed by atoms with Crippen molar-refractivity contribution in [2.75, 3.05) is 0 Å². The molecule has 7 heteroatoms. The first kappa shape index (κ1) is 14.4. The van der Waals surface area contributed by atoms with Gasteiger partial charge in [0.2, 0.25) is 0 Å². The lowest BCUT2D eigenvalue weighted by Gasteiger charge is -2.11. The van der Waals surface area contributed by atoms with Gasteiger partial charge >= 0.3 is 7.12 Å². The van der Waals surface area contributed by atoms with Gasteiger partial charge in [-0.1, -0.05) is 0 Å². The van der Waals surface area contributed by atoms with E-state index >= 15 is 0 Å². The molecule has 0 unspecified atom stereocenters. The van der Waals surface area contributed by atoms with Crippen LogP contribution in [0.1, 0.15) is 5.56 Å². The molecular formula is C13H10BF3O3. The fraction of sp³-hybridized carbons (Fsp3) is 0.0769. The third kappa shape index (κ3) is 3.52. The van der Waals surface area contributed by atoms with Crippen LogP contribution < -0.4 is 10.2 Å². The number of hydrogen-bond donors (Lipinski definition) is 2. The van der Waals surface area contributed by atoms with Gasteiger partial charge in [-0.05, 0) is 35.9 Å². The summed E-state index contributed by atoms with van der Waals surface area (Å²) in [5, 5.41) is 18.2. The van der Waals surface area contributed by atoms with Crippen molar-refractivity contribution in [2.24, 2.45) is 0 Å². The van der Waals surface area contributed by atoms with Crippen LogP contribution in [0.25, 0.3) is 0 Å². The van der Waals surface area contributed by atoms with Crippen molar-refractivity contribution in [3.8, 4) is 5.75 Å². The minimum absolute atomic E-state index is 0.0195. The first-order chi connectivity index (χ1) is 9.45. The molecule has 3 nitrogen and oxygen atoms in total. The fourth-order valence-corrected chi connectivity index (χ4v) is 1.71. The summed E-state index contributed by atoms with van der Waals surface area (Å²) in [6, 6.07) is 6.09. The molecule has 2 N–H and O–H groups in total. The zero-order chi connectivity index (χ0) is 14.7. The van der Waals surface area contributed by atoms with Gasteiger partial charge in [0.1, 0.15) is 29.8 Å². The van der Waals surface area contributed by atoms with Crippen LogP contribution in [0.5, 0.6) is 5.75 Å². The van der Waals surface area contributed by atoms with E-state index in [0.29, 0.717) is 0 Å². The van der Waals surface area contributed by atoms with E-state index in [1.165, 1.54) is 6.07 Å². The summed E-state index contributed by atoms with van der Waals surface area (Å²) in [7, 11) is -1.91. The van der Waals surface area contributed by atoms with Crippen LogP contribution in [0.4, 0.5) is 13.2 Å². The van der Waals surface area contributed by atoms with Crippen molar-refractivity contribution in [1.82, 2.24) is 0 Å². The number of rotatable bonds is 4. The molecule has 2 aromatic carbocycles.